The molecule has 0 aliphatic rings. The maximum Gasteiger partial charge on any atom is 0.191 e. The van der Waals surface area contributed by atoms with Crippen molar-refractivity contribution < 1.29 is 0 Å². The van der Waals surface area contributed by atoms with Crippen LogP contribution in [0.4, 0.5) is 0 Å². The summed E-state index contributed by atoms with van der Waals surface area (Å²) in [6.45, 7) is 11.2. The molecule has 0 saturated heterocycles. The molecule has 1 aromatic rings. The van der Waals surface area contributed by atoms with Gasteiger partial charge in [0.1, 0.15) is 0 Å². The molecule has 0 bridgehead atoms. The highest BCUT2D eigenvalue weighted by atomic mass is 127. The maximum atomic E-state index is 4.73. The van der Waals surface area contributed by atoms with Gasteiger partial charge in [-0.1, -0.05) is 27.2 Å². The number of aryl methyl sites for hydroxylation is 2. The average molecular weight is 421 g/mol. The van der Waals surface area contributed by atoms with E-state index in [0.29, 0.717) is 6.54 Å². The van der Waals surface area contributed by atoms with Crippen LogP contribution >= 0.6 is 24.0 Å². The topological polar surface area (TPSA) is 54.2 Å². The lowest BCUT2D eigenvalue weighted by Gasteiger charge is -2.11. The molecule has 0 aliphatic carbocycles. The van der Waals surface area contributed by atoms with Crippen molar-refractivity contribution in [2.75, 3.05) is 13.1 Å². The molecule has 0 spiro atoms. The molecule has 1 aromatic heterocycles. The third kappa shape index (κ3) is 6.14. The van der Waals surface area contributed by atoms with Gasteiger partial charge in [0.2, 0.25) is 0 Å². The lowest BCUT2D eigenvalue weighted by Crippen LogP contribution is -2.37. The zero-order chi connectivity index (χ0) is 15.7. The minimum absolute atomic E-state index is 0. The molecule has 5 nitrogen and oxygen atoms in total. The van der Waals surface area contributed by atoms with Crippen molar-refractivity contribution in [3.63, 3.8) is 0 Å². The van der Waals surface area contributed by atoms with Crippen LogP contribution in [0, 0.1) is 0 Å². The van der Waals surface area contributed by atoms with E-state index in [1.807, 2.05) is 11.7 Å². The summed E-state index contributed by atoms with van der Waals surface area (Å²) in [5, 5.41) is 11.3. The highest BCUT2D eigenvalue weighted by Crippen LogP contribution is 2.16. The lowest BCUT2D eigenvalue weighted by atomic mass is 10.1. The van der Waals surface area contributed by atoms with Crippen LogP contribution in [0.2, 0.25) is 0 Å². The average Bonchev–Trinajstić information content (AvgIpc) is 2.80. The van der Waals surface area contributed by atoms with Gasteiger partial charge >= 0.3 is 0 Å². The number of halogens is 1. The van der Waals surface area contributed by atoms with Gasteiger partial charge in [-0.25, -0.2) is 4.99 Å². The molecule has 0 aromatic carbocycles. The Hall–Kier alpha value is -0.790. The van der Waals surface area contributed by atoms with Crippen molar-refractivity contribution in [1.29, 1.82) is 0 Å². The summed E-state index contributed by atoms with van der Waals surface area (Å²) in [5.74, 6) is 0.902. The van der Waals surface area contributed by atoms with E-state index in [2.05, 4.69) is 43.4 Å². The van der Waals surface area contributed by atoms with E-state index in [-0.39, 0.29) is 24.0 Å². The number of hydrogen-bond donors (Lipinski definition) is 2. The van der Waals surface area contributed by atoms with Gasteiger partial charge in [-0.15, -0.1) is 24.0 Å². The first-order valence-electron chi connectivity index (χ1n) is 8.23. The van der Waals surface area contributed by atoms with Crippen molar-refractivity contribution in [1.82, 2.24) is 20.4 Å². The van der Waals surface area contributed by atoms with E-state index < -0.39 is 0 Å². The Morgan fingerprint density at radius 2 is 1.86 bits per heavy atom. The maximum absolute atomic E-state index is 4.73. The Bertz CT molecular complexity index is 454. The van der Waals surface area contributed by atoms with Crippen molar-refractivity contribution >= 4 is 29.9 Å². The van der Waals surface area contributed by atoms with Crippen molar-refractivity contribution in [3.8, 4) is 0 Å². The first-order valence-corrected chi connectivity index (χ1v) is 8.23. The van der Waals surface area contributed by atoms with Crippen molar-refractivity contribution in [2.45, 2.75) is 59.9 Å². The number of guanidine groups is 1. The largest absolute Gasteiger partial charge is 0.357 e. The predicted molar refractivity (Wildman–Crippen MR) is 105 cm³/mol. The molecule has 0 amide bonds. The van der Waals surface area contributed by atoms with Gasteiger partial charge in [-0.3, -0.25) is 4.68 Å². The van der Waals surface area contributed by atoms with E-state index in [9.17, 15) is 0 Å². The van der Waals surface area contributed by atoms with Gasteiger partial charge in [0.05, 0.1) is 12.2 Å². The minimum Gasteiger partial charge on any atom is -0.357 e. The molecular weight excluding hydrogens is 389 g/mol. The zero-order valence-electron chi connectivity index (χ0n) is 14.7. The van der Waals surface area contributed by atoms with E-state index in [4.69, 9.17) is 4.99 Å². The quantitative estimate of drug-likeness (QED) is 0.294. The van der Waals surface area contributed by atoms with Crippen LogP contribution in [0.15, 0.2) is 4.99 Å². The number of nitrogens with zero attached hydrogens (tertiary/aromatic N) is 3. The molecule has 0 atom stereocenters. The summed E-state index contributed by atoms with van der Waals surface area (Å²) in [7, 11) is 2.02. The van der Waals surface area contributed by atoms with Crippen molar-refractivity contribution in [3.05, 3.63) is 17.0 Å². The molecule has 128 valence electrons. The second-order valence-corrected chi connectivity index (χ2v) is 5.18. The number of nitrogens with one attached hydrogen (secondary N) is 2. The summed E-state index contributed by atoms with van der Waals surface area (Å²) in [5.41, 5.74) is 3.75. The number of rotatable bonds is 8. The summed E-state index contributed by atoms with van der Waals surface area (Å²) in [4.78, 5) is 4.73. The number of aromatic nitrogens is 2. The van der Waals surface area contributed by atoms with Gasteiger partial charge in [0, 0.05) is 31.4 Å². The summed E-state index contributed by atoms with van der Waals surface area (Å²) >= 11 is 0. The van der Waals surface area contributed by atoms with Gasteiger partial charge in [0.25, 0.3) is 0 Å². The van der Waals surface area contributed by atoms with Gasteiger partial charge < -0.3 is 10.6 Å². The molecule has 0 unspecified atom stereocenters. The van der Waals surface area contributed by atoms with Crippen molar-refractivity contribution in [2.24, 2.45) is 12.0 Å². The normalized spacial score (nSPS) is 11.2. The van der Waals surface area contributed by atoms with Crippen LogP contribution in [0.25, 0.3) is 0 Å². The molecule has 0 aliphatic heterocycles. The monoisotopic (exact) mass is 421 g/mol. The highest BCUT2D eigenvalue weighted by Gasteiger charge is 2.13. The predicted octanol–water partition coefficient (Wildman–Crippen LogP) is 3.02. The summed E-state index contributed by atoms with van der Waals surface area (Å²) in [6, 6.07) is 0. The molecule has 0 saturated carbocycles. The zero-order valence-corrected chi connectivity index (χ0v) is 17.0. The van der Waals surface area contributed by atoms with E-state index in [0.717, 1.165) is 38.3 Å². The smallest absolute Gasteiger partial charge is 0.191 e. The molecular formula is C16H32IN5. The SMILES string of the molecule is CCCCNC(=NCc1c(CC)nn(C)c1CC)NCC.I. The minimum atomic E-state index is 0. The lowest BCUT2D eigenvalue weighted by molar-refractivity contribution is 0.703. The third-order valence-corrected chi connectivity index (χ3v) is 3.59. The molecule has 22 heavy (non-hydrogen) atoms. The van der Waals surface area contributed by atoms with E-state index in [1.165, 1.54) is 23.4 Å². The fourth-order valence-corrected chi connectivity index (χ4v) is 2.46. The van der Waals surface area contributed by atoms with Crippen LogP contribution in [0.5, 0.6) is 0 Å². The molecule has 1 heterocycles. The van der Waals surface area contributed by atoms with Gasteiger partial charge in [-0.2, -0.15) is 5.10 Å². The number of aliphatic imine (C=N–C) groups is 1. The van der Waals surface area contributed by atoms with Crippen LogP contribution in [-0.2, 0) is 26.4 Å². The first-order chi connectivity index (χ1) is 10.2. The Morgan fingerprint density at radius 3 is 2.41 bits per heavy atom. The number of unbranched alkanes of at least 4 members (excludes halogenated alkanes) is 1. The Morgan fingerprint density at radius 1 is 1.14 bits per heavy atom. The van der Waals surface area contributed by atoms with Crippen LogP contribution in [-0.4, -0.2) is 28.8 Å². The van der Waals surface area contributed by atoms with Crippen LogP contribution in [0.3, 0.4) is 0 Å². The highest BCUT2D eigenvalue weighted by molar-refractivity contribution is 14.0. The molecule has 1 rings (SSSR count). The third-order valence-electron chi connectivity index (χ3n) is 3.59. The Kier molecular flexibility index (Phi) is 11.3. The second kappa shape index (κ2) is 11.7. The Balaban J connectivity index is 0.00000441. The molecule has 2 N–H and O–H groups in total. The van der Waals surface area contributed by atoms with Gasteiger partial charge in [0.15, 0.2) is 5.96 Å². The van der Waals surface area contributed by atoms with E-state index in [1.54, 1.807) is 0 Å². The van der Waals surface area contributed by atoms with Crippen LogP contribution < -0.4 is 10.6 Å². The van der Waals surface area contributed by atoms with Crippen LogP contribution in [0.1, 0.15) is 57.5 Å². The standard InChI is InChI=1S/C16H31N5.HI/c1-6-10-11-18-16(17-9-4)19-12-13-14(7-2)20-21(5)15(13)8-3;/h6-12H2,1-5H3,(H2,17,18,19);1H. The first kappa shape index (κ1) is 21.2. The fraction of sp³-hybridized carbons (Fsp3) is 0.750. The summed E-state index contributed by atoms with van der Waals surface area (Å²) in [6.07, 6.45) is 4.30. The Labute approximate surface area is 152 Å². The van der Waals surface area contributed by atoms with Gasteiger partial charge in [-0.05, 0) is 26.2 Å². The fourth-order valence-electron chi connectivity index (χ4n) is 2.46. The second-order valence-electron chi connectivity index (χ2n) is 5.18. The summed E-state index contributed by atoms with van der Waals surface area (Å²) < 4.78 is 2.00. The number of hydrogen-bond acceptors (Lipinski definition) is 2. The molecule has 6 heteroatoms. The van der Waals surface area contributed by atoms with E-state index >= 15 is 0 Å². The molecule has 0 radical (unpaired) electrons. The molecule has 0 fully saturated rings.